The standard InChI is InChI=1S/C17H17Cl2N/c1-20-17-9-7-12(13-4-2-3-5-14(13)17)11-6-8-15(18)16(19)10-11/h2-6,8,10,12,17,20H,7,9H2,1H3/t12-,17-/m0/s1/i1D3,2D,3D,4D,5D,6D,7D2,8D,9D2,10D,12D,17D. The van der Waals surface area contributed by atoms with Crippen LogP contribution in [-0.2, 0) is 0 Å². The van der Waals surface area contributed by atoms with Gasteiger partial charge in [-0.3, -0.25) is 0 Å². The van der Waals surface area contributed by atoms with Crippen LogP contribution in [0.1, 0.15) is 63.3 Å². The second-order valence-corrected chi connectivity index (χ2v) is 4.51. The summed E-state index contributed by atoms with van der Waals surface area (Å²) in [6.07, 6.45) is -7.52. The van der Waals surface area contributed by atoms with E-state index in [-0.39, 0.29) is 0 Å². The second kappa shape index (κ2) is 5.77. The van der Waals surface area contributed by atoms with E-state index in [1.165, 1.54) is 0 Å². The zero-order valence-electron chi connectivity index (χ0n) is 25.8. The summed E-state index contributed by atoms with van der Waals surface area (Å²) < 4.78 is 133. The van der Waals surface area contributed by atoms with Gasteiger partial charge in [-0.1, -0.05) is 53.4 Å². The van der Waals surface area contributed by atoms with Gasteiger partial charge in [-0.25, -0.2) is 0 Å². The maximum absolute atomic E-state index is 9.22. The molecule has 0 bridgehead atoms. The largest absolute Gasteiger partial charge is 0.313 e. The maximum atomic E-state index is 9.22. The molecule has 20 heavy (non-hydrogen) atoms. The van der Waals surface area contributed by atoms with Gasteiger partial charge in [-0.15, -0.1) is 0 Å². The van der Waals surface area contributed by atoms with Crippen molar-refractivity contribution in [1.82, 2.24) is 5.32 Å². The van der Waals surface area contributed by atoms with Gasteiger partial charge in [0.15, 0.2) is 0 Å². The van der Waals surface area contributed by atoms with Crippen LogP contribution >= 0.6 is 23.2 Å². The average molecular weight is 322 g/mol. The Morgan fingerprint density at radius 1 is 1.20 bits per heavy atom. The van der Waals surface area contributed by atoms with Crippen LogP contribution < -0.4 is 5.32 Å². The van der Waals surface area contributed by atoms with Crippen molar-refractivity contribution in [2.75, 3.05) is 6.98 Å². The molecule has 2 atom stereocenters. The quantitative estimate of drug-likeness (QED) is 0.803. The molecule has 0 aromatic heterocycles. The van der Waals surface area contributed by atoms with Crippen molar-refractivity contribution >= 4 is 23.2 Å². The fourth-order valence-corrected chi connectivity index (χ4v) is 1.95. The summed E-state index contributed by atoms with van der Waals surface area (Å²) in [5.41, 5.74) is -3.23. The van der Waals surface area contributed by atoms with E-state index in [0.29, 0.717) is 0 Å². The van der Waals surface area contributed by atoms with Crippen molar-refractivity contribution in [3.8, 4) is 0 Å². The summed E-state index contributed by atoms with van der Waals surface area (Å²) in [5.74, 6) is -3.40. The number of benzene rings is 2. The minimum Gasteiger partial charge on any atom is -0.313 e. The van der Waals surface area contributed by atoms with Gasteiger partial charge in [0, 0.05) is 22.9 Å². The van der Waals surface area contributed by atoms with Gasteiger partial charge in [-0.05, 0) is 48.5 Å². The number of hydrogen-bond acceptors (Lipinski definition) is 1. The van der Waals surface area contributed by atoms with Crippen LogP contribution in [0.25, 0.3) is 0 Å². The molecule has 0 saturated carbocycles. The molecule has 0 radical (unpaired) electrons. The molecule has 3 rings (SSSR count). The molecular formula is C17H17Cl2N. The van der Waals surface area contributed by atoms with Crippen molar-refractivity contribution in [3.63, 3.8) is 0 Å². The highest BCUT2D eigenvalue weighted by molar-refractivity contribution is 6.42. The number of halogens is 2. The first-order valence-electron chi connectivity index (χ1n) is 13.4. The Hall–Kier alpha value is -1.02. The molecule has 104 valence electrons. The monoisotopic (exact) mass is 321 g/mol. The highest BCUT2D eigenvalue weighted by Crippen LogP contribution is 2.42. The maximum Gasteiger partial charge on any atom is 0.0642 e. The van der Waals surface area contributed by atoms with E-state index in [1.54, 1.807) is 5.32 Å². The molecule has 0 saturated heterocycles. The highest BCUT2D eigenvalue weighted by Gasteiger charge is 2.27. The Kier molecular flexibility index (Phi) is 1.29. The fourth-order valence-electron chi connectivity index (χ4n) is 1.71. The van der Waals surface area contributed by atoms with Crippen LogP contribution in [0.2, 0.25) is 10.0 Å². The lowest BCUT2D eigenvalue weighted by molar-refractivity contribution is 0.471. The van der Waals surface area contributed by atoms with Gasteiger partial charge in [0.1, 0.15) is 0 Å². The summed E-state index contributed by atoms with van der Waals surface area (Å²) in [6.45, 7) is -3.32. The predicted octanol–water partition coefficient (Wildman–Crippen LogP) is 5.18. The molecule has 0 unspecified atom stereocenters. The lowest BCUT2D eigenvalue weighted by Crippen LogP contribution is -2.24. The van der Waals surface area contributed by atoms with Gasteiger partial charge in [0.25, 0.3) is 0 Å². The van der Waals surface area contributed by atoms with E-state index in [1.807, 2.05) is 0 Å². The van der Waals surface area contributed by atoms with Crippen molar-refractivity contribution in [3.05, 3.63) is 69.0 Å². The van der Waals surface area contributed by atoms with Crippen LogP contribution in [0.4, 0.5) is 0 Å². The lowest BCUT2D eigenvalue weighted by atomic mass is 9.77. The van der Waals surface area contributed by atoms with E-state index < -0.39 is 101 Å². The van der Waals surface area contributed by atoms with Crippen LogP contribution in [0.3, 0.4) is 0 Å². The fraction of sp³-hybridized carbons (Fsp3) is 0.294. The van der Waals surface area contributed by atoms with Gasteiger partial charge in [0.2, 0.25) is 0 Å². The highest BCUT2D eigenvalue weighted by atomic mass is 35.5. The molecule has 2 aromatic rings. The lowest BCUT2D eigenvalue weighted by Gasteiger charge is -2.32. The van der Waals surface area contributed by atoms with E-state index >= 15 is 0 Å². The van der Waals surface area contributed by atoms with Crippen LogP contribution in [0.15, 0.2) is 42.3 Å². The summed E-state index contributed by atoms with van der Waals surface area (Å²) in [6, 6.07) is -10.6. The predicted molar refractivity (Wildman–Crippen MR) is 85.8 cm³/mol. The Labute approximate surface area is 152 Å². The third-order valence-corrected chi connectivity index (χ3v) is 3.26. The van der Waals surface area contributed by atoms with Gasteiger partial charge in [0.05, 0.1) is 21.0 Å². The first kappa shape index (κ1) is 4.49. The van der Waals surface area contributed by atoms with Crippen molar-refractivity contribution in [2.24, 2.45) is 0 Å². The smallest absolute Gasteiger partial charge is 0.0642 e. The molecule has 1 N–H and O–H groups in total. The van der Waals surface area contributed by atoms with E-state index in [2.05, 4.69) is 0 Å². The average Bonchev–Trinajstić information content (AvgIpc) is 2.74. The Bertz CT molecular complexity index is 1260. The normalized spacial score (nSPS) is 46.1. The molecule has 1 aliphatic carbocycles. The van der Waals surface area contributed by atoms with E-state index in [9.17, 15) is 1.37 Å². The van der Waals surface area contributed by atoms with Gasteiger partial charge in [-0.2, -0.15) is 0 Å². The molecule has 1 aliphatic rings. The minimum atomic E-state index is -3.76. The van der Waals surface area contributed by atoms with E-state index in [4.69, 9.17) is 43.8 Å². The van der Waals surface area contributed by atoms with Gasteiger partial charge >= 0.3 is 0 Å². The Morgan fingerprint density at radius 3 is 2.80 bits per heavy atom. The topological polar surface area (TPSA) is 12.0 Å². The molecule has 0 fully saturated rings. The van der Waals surface area contributed by atoms with Crippen LogP contribution in [0.5, 0.6) is 0 Å². The number of fused-ring (bicyclic) bond motifs is 1. The molecule has 0 aliphatic heterocycles. The first-order valence-corrected chi connectivity index (χ1v) is 6.13. The van der Waals surface area contributed by atoms with Crippen LogP contribution in [0, 0.1) is 0 Å². The molecule has 2 aromatic carbocycles. The molecular weight excluding hydrogens is 289 g/mol. The molecule has 1 nitrogen and oxygen atoms in total. The number of rotatable bonds is 2. The SMILES string of the molecule is [2H]c1c([2H])c([2H])c2c(c1[2H])[C@]([2H])(c1c([2H])c([2H])c(Cl)c(Cl)c1[2H])C([2H])([2H])C([2H])([2H])[C@]2([2H])NC([2H])([2H])[2H]. The third-order valence-electron chi connectivity index (χ3n) is 2.60. The van der Waals surface area contributed by atoms with Crippen LogP contribution in [-0.4, -0.2) is 6.98 Å². The minimum absolute atomic E-state index is 0.590. The molecule has 0 heterocycles. The second-order valence-electron chi connectivity index (χ2n) is 3.75. The zero-order chi connectivity index (χ0) is 28.1. The third kappa shape index (κ3) is 2.46. The zero-order valence-corrected chi connectivity index (χ0v) is 11.3. The molecule has 0 amide bonds. The molecule has 3 heteroatoms. The van der Waals surface area contributed by atoms with E-state index in [0.717, 1.165) is 0 Å². The van der Waals surface area contributed by atoms with Crippen molar-refractivity contribution in [2.45, 2.75) is 24.7 Å². The summed E-state index contributed by atoms with van der Waals surface area (Å²) >= 11 is 11.9. The molecule has 0 spiro atoms. The Morgan fingerprint density at radius 2 is 2.00 bits per heavy atom. The summed E-state index contributed by atoms with van der Waals surface area (Å²) in [4.78, 5) is 0. The Balaban J connectivity index is 2.75. The number of hydrogen-bond donors (Lipinski definition) is 1. The number of nitrogens with one attached hydrogen (secondary N) is 1. The summed E-state index contributed by atoms with van der Waals surface area (Å²) in [5, 5.41) is 0.361. The summed E-state index contributed by atoms with van der Waals surface area (Å²) in [7, 11) is 0. The van der Waals surface area contributed by atoms with Crippen molar-refractivity contribution in [1.29, 1.82) is 0 Å². The van der Waals surface area contributed by atoms with Gasteiger partial charge < -0.3 is 5.32 Å². The first-order chi connectivity index (χ1) is 16.0. The van der Waals surface area contributed by atoms with Crippen molar-refractivity contribution < 1.29 is 21.9 Å².